The second-order valence-electron chi connectivity index (χ2n) is 4.41. The predicted octanol–water partition coefficient (Wildman–Crippen LogP) is 1.75. The molecule has 0 heterocycles. The Morgan fingerprint density at radius 3 is 3.17 bits per heavy atom. The van der Waals surface area contributed by atoms with E-state index in [-0.39, 0.29) is 0 Å². The molecule has 5 heteroatoms. The fourth-order valence-electron chi connectivity index (χ4n) is 1.95. The number of benzene rings is 1. The van der Waals surface area contributed by atoms with Crippen LogP contribution in [0.4, 0.5) is 0 Å². The fraction of sp³-hybridized carbons (Fsp3) is 0.462. The van der Waals surface area contributed by atoms with Gasteiger partial charge < -0.3 is 15.8 Å². The molecule has 0 aromatic heterocycles. The smallest absolute Gasteiger partial charge is 0.188 e. The van der Waals surface area contributed by atoms with Gasteiger partial charge in [-0.05, 0) is 24.1 Å². The van der Waals surface area contributed by atoms with Crippen LogP contribution in [-0.4, -0.2) is 32.3 Å². The topological polar surface area (TPSA) is 59.6 Å². The van der Waals surface area contributed by atoms with Gasteiger partial charge in [-0.1, -0.05) is 23.7 Å². The lowest BCUT2D eigenvalue weighted by Crippen LogP contribution is -2.34. The summed E-state index contributed by atoms with van der Waals surface area (Å²) in [6, 6.07) is 8.33. The molecule has 0 bridgehead atoms. The number of nitrogens with one attached hydrogen (secondary N) is 1. The lowest BCUT2D eigenvalue weighted by atomic mass is 10.1. The number of nitrogens with zero attached hydrogens (tertiary/aromatic N) is 1. The first-order valence-corrected chi connectivity index (χ1v) is 6.39. The van der Waals surface area contributed by atoms with Gasteiger partial charge in [-0.25, -0.2) is 0 Å². The van der Waals surface area contributed by atoms with Gasteiger partial charge in [0.25, 0.3) is 0 Å². The zero-order chi connectivity index (χ0) is 13.0. The summed E-state index contributed by atoms with van der Waals surface area (Å²) >= 11 is 5.97. The van der Waals surface area contributed by atoms with Gasteiger partial charge in [-0.2, -0.15) is 0 Å². The third kappa shape index (κ3) is 3.62. The maximum atomic E-state index is 5.97. The highest BCUT2D eigenvalue weighted by Gasteiger charge is 2.38. The van der Waals surface area contributed by atoms with Crippen molar-refractivity contribution in [2.45, 2.75) is 18.4 Å². The summed E-state index contributed by atoms with van der Waals surface area (Å²) in [6.07, 6.45) is 1.07. The van der Waals surface area contributed by atoms with Crippen LogP contribution in [0.5, 0.6) is 0 Å². The van der Waals surface area contributed by atoms with E-state index in [0.717, 1.165) is 11.4 Å². The Labute approximate surface area is 112 Å². The molecule has 0 spiro atoms. The molecule has 1 aromatic carbocycles. The number of ether oxygens (including phenoxy) is 1. The van der Waals surface area contributed by atoms with Crippen LogP contribution in [-0.2, 0) is 4.74 Å². The van der Waals surface area contributed by atoms with Crippen LogP contribution < -0.4 is 11.1 Å². The molecular weight excluding hydrogens is 250 g/mol. The SMILES string of the molecule is COCCN=C(N)N[C@@H]1C[C@H]1c1cccc(Cl)c1. The Kier molecular flexibility index (Phi) is 4.44. The van der Waals surface area contributed by atoms with E-state index in [1.54, 1.807) is 7.11 Å². The van der Waals surface area contributed by atoms with Crippen molar-refractivity contribution in [2.75, 3.05) is 20.3 Å². The number of methoxy groups -OCH3 is 1. The Bertz CT molecular complexity index is 436. The molecule has 0 radical (unpaired) electrons. The number of hydrogen-bond donors (Lipinski definition) is 2. The van der Waals surface area contributed by atoms with E-state index in [2.05, 4.69) is 16.4 Å². The van der Waals surface area contributed by atoms with Crippen molar-refractivity contribution in [3.8, 4) is 0 Å². The van der Waals surface area contributed by atoms with E-state index in [4.69, 9.17) is 22.1 Å². The van der Waals surface area contributed by atoms with Crippen molar-refractivity contribution in [1.29, 1.82) is 0 Å². The van der Waals surface area contributed by atoms with Gasteiger partial charge in [0.2, 0.25) is 0 Å². The molecule has 0 amide bonds. The molecule has 1 aliphatic carbocycles. The van der Waals surface area contributed by atoms with Crippen LogP contribution in [0.25, 0.3) is 0 Å². The Morgan fingerprint density at radius 1 is 1.61 bits per heavy atom. The highest BCUT2D eigenvalue weighted by molar-refractivity contribution is 6.30. The summed E-state index contributed by atoms with van der Waals surface area (Å²) in [5, 5.41) is 3.99. The van der Waals surface area contributed by atoms with Crippen LogP contribution >= 0.6 is 11.6 Å². The van der Waals surface area contributed by atoms with Crippen LogP contribution in [0, 0.1) is 0 Å². The molecule has 1 aliphatic rings. The van der Waals surface area contributed by atoms with Gasteiger partial charge in [-0.3, -0.25) is 4.99 Å². The molecule has 1 fully saturated rings. The van der Waals surface area contributed by atoms with E-state index in [1.807, 2.05) is 18.2 Å². The largest absolute Gasteiger partial charge is 0.383 e. The molecule has 18 heavy (non-hydrogen) atoms. The van der Waals surface area contributed by atoms with Crippen LogP contribution in [0.3, 0.4) is 0 Å². The number of halogens is 1. The van der Waals surface area contributed by atoms with Gasteiger partial charge >= 0.3 is 0 Å². The Morgan fingerprint density at radius 2 is 2.44 bits per heavy atom. The molecule has 2 rings (SSSR count). The van der Waals surface area contributed by atoms with E-state index in [0.29, 0.717) is 31.1 Å². The van der Waals surface area contributed by atoms with Gasteiger partial charge in [0.05, 0.1) is 13.2 Å². The predicted molar refractivity (Wildman–Crippen MR) is 74.1 cm³/mol. The molecule has 1 saturated carbocycles. The van der Waals surface area contributed by atoms with Gasteiger partial charge in [0, 0.05) is 24.1 Å². The van der Waals surface area contributed by atoms with E-state index >= 15 is 0 Å². The lowest BCUT2D eigenvalue weighted by Gasteiger charge is -2.05. The van der Waals surface area contributed by atoms with Crippen molar-refractivity contribution in [3.63, 3.8) is 0 Å². The van der Waals surface area contributed by atoms with Crippen molar-refractivity contribution in [3.05, 3.63) is 34.9 Å². The molecule has 0 unspecified atom stereocenters. The van der Waals surface area contributed by atoms with Gasteiger partial charge in [0.15, 0.2) is 5.96 Å². The highest BCUT2D eigenvalue weighted by atomic mass is 35.5. The number of guanidine groups is 1. The molecule has 2 atom stereocenters. The standard InChI is InChI=1S/C13H18ClN3O/c1-18-6-5-16-13(15)17-12-8-11(12)9-3-2-4-10(14)7-9/h2-4,7,11-12H,5-6,8H2,1H3,(H3,15,16,17)/t11-,12+/m0/s1. The summed E-state index contributed by atoms with van der Waals surface area (Å²) < 4.78 is 4.91. The summed E-state index contributed by atoms with van der Waals surface area (Å²) in [5.41, 5.74) is 7.04. The maximum absolute atomic E-state index is 5.97. The second-order valence-corrected chi connectivity index (χ2v) is 4.84. The van der Waals surface area contributed by atoms with E-state index in [9.17, 15) is 0 Å². The number of hydrogen-bond acceptors (Lipinski definition) is 2. The maximum Gasteiger partial charge on any atom is 0.188 e. The molecule has 0 aliphatic heterocycles. The van der Waals surface area contributed by atoms with E-state index < -0.39 is 0 Å². The summed E-state index contributed by atoms with van der Waals surface area (Å²) in [7, 11) is 1.65. The number of rotatable bonds is 5. The third-order valence-electron chi connectivity index (χ3n) is 2.98. The number of aliphatic imine (C=N–C) groups is 1. The van der Waals surface area contributed by atoms with Crippen molar-refractivity contribution >= 4 is 17.6 Å². The average molecular weight is 268 g/mol. The molecule has 0 saturated heterocycles. The van der Waals surface area contributed by atoms with Crippen molar-refractivity contribution in [2.24, 2.45) is 10.7 Å². The summed E-state index contributed by atoms with van der Waals surface area (Å²) in [5.74, 6) is 0.974. The summed E-state index contributed by atoms with van der Waals surface area (Å²) in [6.45, 7) is 1.18. The number of nitrogens with two attached hydrogens (primary N) is 1. The zero-order valence-electron chi connectivity index (χ0n) is 10.4. The molecule has 98 valence electrons. The quantitative estimate of drug-likeness (QED) is 0.485. The van der Waals surface area contributed by atoms with Crippen LogP contribution in [0.15, 0.2) is 29.3 Å². The van der Waals surface area contributed by atoms with E-state index in [1.165, 1.54) is 5.56 Å². The van der Waals surface area contributed by atoms with Gasteiger partial charge in [-0.15, -0.1) is 0 Å². The molecular formula is C13H18ClN3O. The minimum Gasteiger partial charge on any atom is -0.383 e. The van der Waals surface area contributed by atoms with Crippen LogP contribution in [0.2, 0.25) is 5.02 Å². The Balaban J connectivity index is 1.83. The molecule has 4 nitrogen and oxygen atoms in total. The van der Waals surface area contributed by atoms with Crippen LogP contribution in [0.1, 0.15) is 17.9 Å². The minimum absolute atomic E-state index is 0.370. The normalized spacial score (nSPS) is 22.9. The highest BCUT2D eigenvalue weighted by Crippen LogP contribution is 2.41. The van der Waals surface area contributed by atoms with Crippen molar-refractivity contribution < 1.29 is 4.74 Å². The third-order valence-corrected chi connectivity index (χ3v) is 3.21. The summed E-state index contributed by atoms with van der Waals surface area (Å²) in [4.78, 5) is 4.17. The fourth-order valence-corrected chi connectivity index (χ4v) is 2.15. The first-order chi connectivity index (χ1) is 8.70. The lowest BCUT2D eigenvalue weighted by molar-refractivity contribution is 0.208. The van der Waals surface area contributed by atoms with Crippen molar-refractivity contribution in [1.82, 2.24) is 5.32 Å². The first-order valence-electron chi connectivity index (χ1n) is 6.01. The molecule has 1 aromatic rings. The van der Waals surface area contributed by atoms with Gasteiger partial charge in [0.1, 0.15) is 0 Å². The zero-order valence-corrected chi connectivity index (χ0v) is 11.2. The Hall–Kier alpha value is -1.26. The average Bonchev–Trinajstić information content (AvgIpc) is 3.08. The second kappa shape index (κ2) is 6.07. The monoisotopic (exact) mass is 267 g/mol. The first kappa shape index (κ1) is 13.2. The molecule has 3 N–H and O–H groups in total. The minimum atomic E-state index is 0.370.